The summed E-state index contributed by atoms with van der Waals surface area (Å²) in [6.07, 6.45) is 3.17. The van der Waals surface area contributed by atoms with Crippen molar-refractivity contribution in [2.45, 2.75) is 38.8 Å². The Morgan fingerprint density at radius 2 is 1.78 bits per heavy atom. The maximum absolute atomic E-state index is 14.0. The van der Waals surface area contributed by atoms with Gasteiger partial charge in [-0.1, -0.05) is 6.07 Å². The summed E-state index contributed by atoms with van der Waals surface area (Å²) < 4.78 is 20.4. The summed E-state index contributed by atoms with van der Waals surface area (Å²) in [5.41, 5.74) is 4.07. The molecule has 1 unspecified atom stereocenters. The number of nitrogens with zero attached hydrogens (tertiary/aromatic N) is 5. The first-order valence-corrected chi connectivity index (χ1v) is 14.9. The minimum atomic E-state index is -0.778. The third kappa shape index (κ3) is 6.91. The van der Waals surface area contributed by atoms with Crippen molar-refractivity contribution in [3.63, 3.8) is 0 Å². The lowest BCUT2D eigenvalue weighted by molar-refractivity contribution is 0.0982. The molecule has 0 spiro atoms. The topological polar surface area (TPSA) is 89.0 Å². The second-order valence-electron chi connectivity index (χ2n) is 10.9. The molecule has 3 N–H and O–H groups in total. The molecule has 3 aromatic rings. The lowest BCUT2D eigenvalue weighted by Crippen LogP contribution is -2.52. The molecule has 9 nitrogen and oxygen atoms in total. The van der Waals surface area contributed by atoms with Crippen LogP contribution in [0.2, 0.25) is 0 Å². The van der Waals surface area contributed by atoms with Gasteiger partial charge in [0.05, 0.1) is 23.4 Å². The van der Waals surface area contributed by atoms with Crippen molar-refractivity contribution < 1.29 is 14.2 Å². The zero-order valence-corrected chi connectivity index (χ0v) is 25.7. The van der Waals surface area contributed by atoms with Crippen LogP contribution in [0.4, 0.5) is 33.2 Å². The second-order valence-corrected chi connectivity index (χ2v) is 11.8. The Balaban J connectivity index is 1.30. The molecule has 1 atom stereocenters. The highest BCUT2D eigenvalue weighted by Gasteiger charge is 2.27. The summed E-state index contributed by atoms with van der Waals surface area (Å²) in [5, 5.41) is 16.6. The van der Waals surface area contributed by atoms with Gasteiger partial charge in [-0.25, -0.2) is 9.37 Å². The Kier molecular flexibility index (Phi) is 9.28. The normalized spacial score (nSPS) is 17.9. The SMILES string of the molecule is COc1cc(N2CCC(N3CCN(C)CC3)CC2)c(C)cc1Nc1ncc(Br)c(Nc2cc(F)ccc2C(C)O)n1. The van der Waals surface area contributed by atoms with Gasteiger partial charge in [-0.2, -0.15) is 4.98 Å². The fraction of sp³-hybridized carbons (Fsp3) is 0.467. The minimum Gasteiger partial charge on any atom is -0.494 e. The molecule has 11 heteroatoms. The summed E-state index contributed by atoms with van der Waals surface area (Å²) in [6, 6.07) is 9.03. The Hall–Kier alpha value is -2.99. The van der Waals surface area contributed by atoms with Gasteiger partial charge in [-0.15, -0.1) is 0 Å². The van der Waals surface area contributed by atoms with Crippen molar-refractivity contribution >= 4 is 44.8 Å². The fourth-order valence-electron chi connectivity index (χ4n) is 5.71. The van der Waals surface area contributed by atoms with Crippen LogP contribution >= 0.6 is 15.9 Å². The highest BCUT2D eigenvalue weighted by molar-refractivity contribution is 9.10. The van der Waals surface area contributed by atoms with Crippen molar-refractivity contribution in [3.8, 4) is 5.75 Å². The summed E-state index contributed by atoms with van der Waals surface area (Å²) in [6.45, 7) is 10.4. The van der Waals surface area contributed by atoms with E-state index in [-0.39, 0.29) is 0 Å². The molecule has 2 saturated heterocycles. The minimum absolute atomic E-state index is 0.351. The predicted octanol–water partition coefficient (Wildman–Crippen LogP) is 5.45. The number of piperazine rings is 1. The maximum atomic E-state index is 14.0. The molecule has 0 saturated carbocycles. The van der Waals surface area contributed by atoms with E-state index in [0.717, 1.165) is 63.4 Å². The molecule has 5 rings (SSSR count). The molecule has 0 radical (unpaired) electrons. The Labute approximate surface area is 249 Å². The van der Waals surface area contributed by atoms with Crippen molar-refractivity contribution in [2.75, 3.05) is 69.0 Å². The number of aliphatic hydroxyl groups is 1. The van der Waals surface area contributed by atoms with Crippen LogP contribution in [0.3, 0.4) is 0 Å². The molecule has 2 aliphatic rings. The number of aromatic nitrogens is 2. The van der Waals surface area contributed by atoms with Gasteiger partial charge in [0, 0.05) is 74.5 Å². The Morgan fingerprint density at radius 1 is 1.05 bits per heavy atom. The summed E-state index contributed by atoms with van der Waals surface area (Å²) in [4.78, 5) is 16.6. The van der Waals surface area contributed by atoms with E-state index in [1.54, 1.807) is 26.3 Å². The smallest absolute Gasteiger partial charge is 0.229 e. The number of anilines is 5. The van der Waals surface area contributed by atoms with Gasteiger partial charge in [-0.3, -0.25) is 4.90 Å². The fourth-order valence-corrected chi connectivity index (χ4v) is 6.00. The van der Waals surface area contributed by atoms with Gasteiger partial charge >= 0.3 is 0 Å². The van der Waals surface area contributed by atoms with Crippen LogP contribution in [-0.2, 0) is 0 Å². The van der Waals surface area contributed by atoms with E-state index >= 15 is 0 Å². The number of aliphatic hydroxyl groups excluding tert-OH is 1. The van der Waals surface area contributed by atoms with Gasteiger partial charge in [0.25, 0.3) is 0 Å². The zero-order valence-electron chi connectivity index (χ0n) is 24.1. The molecule has 2 aromatic carbocycles. The molecule has 0 amide bonds. The van der Waals surface area contributed by atoms with Crippen molar-refractivity contribution in [1.29, 1.82) is 0 Å². The van der Waals surface area contributed by atoms with Crippen LogP contribution in [0, 0.1) is 12.7 Å². The lowest BCUT2D eigenvalue weighted by Gasteiger charge is -2.43. The number of hydrogen-bond donors (Lipinski definition) is 3. The van der Waals surface area contributed by atoms with Crippen LogP contribution in [0.5, 0.6) is 5.75 Å². The van der Waals surface area contributed by atoms with Gasteiger partial charge in [0.2, 0.25) is 5.95 Å². The number of halogens is 2. The molecule has 3 heterocycles. The largest absolute Gasteiger partial charge is 0.494 e. The van der Waals surface area contributed by atoms with Crippen molar-refractivity contribution in [1.82, 2.24) is 19.8 Å². The average Bonchev–Trinajstić information content (AvgIpc) is 2.95. The average molecular weight is 629 g/mol. The molecular weight excluding hydrogens is 589 g/mol. The first-order valence-electron chi connectivity index (χ1n) is 14.1. The highest BCUT2D eigenvalue weighted by atomic mass is 79.9. The third-order valence-electron chi connectivity index (χ3n) is 8.09. The predicted molar refractivity (Wildman–Crippen MR) is 165 cm³/mol. The number of aryl methyl sites for hydroxylation is 1. The summed E-state index contributed by atoms with van der Waals surface area (Å²) in [7, 11) is 3.87. The summed E-state index contributed by atoms with van der Waals surface area (Å²) >= 11 is 3.47. The second kappa shape index (κ2) is 12.9. The molecular formula is C30H39BrFN7O2. The van der Waals surface area contributed by atoms with Gasteiger partial charge in [-0.05, 0) is 73.4 Å². The third-order valence-corrected chi connectivity index (χ3v) is 8.67. The maximum Gasteiger partial charge on any atom is 0.229 e. The lowest BCUT2D eigenvalue weighted by atomic mass is 10.0. The number of methoxy groups -OCH3 is 1. The number of benzene rings is 2. The molecule has 41 heavy (non-hydrogen) atoms. The number of rotatable bonds is 8. The number of ether oxygens (including phenoxy) is 1. The molecule has 2 aliphatic heterocycles. The standard InChI is InChI=1S/C30H39BrFN7O2/c1-19-15-26(28(41-4)17-27(19)39-9-7-22(8-10-39)38-13-11-37(3)12-14-38)35-30-33-18-24(31)29(36-30)34-25-16-21(32)5-6-23(25)20(2)40/h5-6,15-18,20,22,40H,7-14H2,1-4H3,(H2,33,34,35,36). The van der Waals surface area contributed by atoms with E-state index < -0.39 is 11.9 Å². The van der Waals surface area contributed by atoms with Crippen molar-refractivity contribution in [3.05, 3.63) is 57.9 Å². The van der Waals surface area contributed by atoms with Crippen molar-refractivity contribution in [2.24, 2.45) is 0 Å². The van der Waals surface area contributed by atoms with E-state index in [1.165, 1.54) is 17.8 Å². The molecule has 0 bridgehead atoms. The monoisotopic (exact) mass is 627 g/mol. The van der Waals surface area contributed by atoms with Gasteiger partial charge < -0.3 is 30.3 Å². The van der Waals surface area contributed by atoms with E-state index in [9.17, 15) is 9.50 Å². The first kappa shape index (κ1) is 29.5. The van der Waals surface area contributed by atoms with E-state index in [1.807, 2.05) is 0 Å². The van der Waals surface area contributed by atoms with E-state index in [0.29, 0.717) is 39.3 Å². The number of piperidine rings is 1. The van der Waals surface area contributed by atoms with Crippen LogP contribution in [-0.4, -0.2) is 84.3 Å². The van der Waals surface area contributed by atoms with Crippen LogP contribution in [0.15, 0.2) is 41.0 Å². The van der Waals surface area contributed by atoms with E-state index in [2.05, 4.69) is 77.3 Å². The van der Waals surface area contributed by atoms with Crippen LogP contribution in [0.25, 0.3) is 0 Å². The zero-order chi connectivity index (χ0) is 29.1. The number of nitrogens with one attached hydrogen (secondary N) is 2. The highest BCUT2D eigenvalue weighted by Crippen LogP contribution is 2.37. The van der Waals surface area contributed by atoms with Crippen LogP contribution < -0.4 is 20.3 Å². The van der Waals surface area contributed by atoms with Gasteiger partial charge in [0.15, 0.2) is 0 Å². The van der Waals surface area contributed by atoms with E-state index in [4.69, 9.17) is 4.74 Å². The number of hydrogen-bond acceptors (Lipinski definition) is 9. The first-order chi connectivity index (χ1) is 19.7. The Morgan fingerprint density at radius 3 is 2.46 bits per heavy atom. The Bertz CT molecular complexity index is 1360. The molecule has 220 valence electrons. The summed E-state index contributed by atoms with van der Waals surface area (Å²) in [5.74, 6) is 1.08. The van der Waals surface area contributed by atoms with Crippen LogP contribution in [0.1, 0.15) is 37.0 Å². The number of likely N-dealkylation sites (N-methyl/N-ethyl adjacent to an activating group) is 1. The quantitative estimate of drug-likeness (QED) is 0.301. The molecule has 1 aromatic heterocycles. The molecule has 2 fully saturated rings. The molecule has 0 aliphatic carbocycles. The van der Waals surface area contributed by atoms with Gasteiger partial charge in [0.1, 0.15) is 17.4 Å².